The van der Waals surface area contributed by atoms with Crippen LogP contribution in [0.1, 0.15) is 11.4 Å². The molecule has 3 aromatic rings. The van der Waals surface area contributed by atoms with Gasteiger partial charge in [0, 0.05) is 17.4 Å². The van der Waals surface area contributed by atoms with Crippen molar-refractivity contribution in [1.82, 2.24) is 9.55 Å². The van der Waals surface area contributed by atoms with E-state index in [1.807, 2.05) is 18.4 Å². The molecule has 0 radical (unpaired) electrons. The predicted molar refractivity (Wildman–Crippen MR) is 81.9 cm³/mol. The molecule has 0 atom stereocenters. The van der Waals surface area contributed by atoms with Crippen LogP contribution in [-0.4, -0.2) is 15.8 Å². The topological polar surface area (TPSA) is 34.9 Å². The van der Waals surface area contributed by atoms with Crippen LogP contribution in [0.3, 0.4) is 0 Å². The van der Waals surface area contributed by atoms with E-state index in [0.29, 0.717) is 23.1 Å². The average molecular weight is 298 g/mol. The second-order valence-corrected chi connectivity index (χ2v) is 5.88. The fourth-order valence-corrected chi connectivity index (χ4v) is 3.26. The Labute approximate surface area is 124 Å². The summed E-state index contributed by atoms with van der Waals surface area (Å²) in [7, 11) is 0. The Morgan fingerprint density at radius 2 is 2.10 bits per heavy atom. The third kappa shape index (κ3) is 1.81. The van der Waals surface area contributed by atoms with E-state index in [1.165, 1.54) is 18.2 Å². The number of aromatic nitrogens is 2. The van der Waals surface area contributed by atoms with Crippen LogP contribution in [0.15, 0.2) is 46.1 Å². The van der Waals surface area contributed by atoms with Crippen molar-refractivity contribution in [3.63, 3.8) is 0 Å². The van der Waals surface area contributed by atoms with E-state index in [4.69, 9.17) is 0 Å². The molecule has 0 saturated carbocycles. The van der Waals surface area contributed by atoms with Crippen LogP contribution in [0.2, 0.25) is 0 Å². The lowest BCUT2D eigenvalue weighted by Gasteiger charge is -2.07. The van der Waals surface area contributed by atoms with Gasteiger partial charge in [-0.3, -0.25) is 9.36 Å². The maximum absolute atomic E-state index is 13.3. The fourth-order valence-electron chi connectivity index (χ4n) is 2.79. The van der Waals surface area contributed by atoms with Crippen molar-refractivity contribution in [1.29, 1.82) is 0 Å². The smallest absolute Gasteiger partial charge is 0.265 e. The molecule has 5 heteroatoms. The van der Waals surface area contributed by atoms with Crippen LogP contribution >= 0.6 is 11.8 Å². The van der Waals surface area contributed by atoms with Gasteiger partial charge in [0.05, 0.1) is 16.6 Å². The van der Waals surface area contributed by atoms with Crippen LogP contribution in [0.25, 0.3) is 16.6 Å². The Bertz CT molecular complexity index is 949. The summed E-state index contributed by atoms with van der Waals surface area (Å²) in [5.74, 6) is 0.297. The van der Waals surface area contributed by atoms with Gasteiger partial charge in [0.15, 0.2) is 0 Å². The molecule has 1 aliphatic rings. The first kappa shape index (κ1) is 12.6. The quantitative estimate of drug-likeness (QED) is 0.506. The van der Waals surface area contributed by atoms with Gasteiger partial charge in [-0.1, -0.05) is 0 Å². The fraction of sp³-hybridized carbons (Fsp3) is 0.125. The Morgan fingerprint density at radius 1 is 1.24 bits per heavy atom. The highest BCUT2D eigenvalue weighted by Gasteiger charge is 2.22. The van der Waals surface area contributed by atoms with Crippen LogP contribution in [0, 0.1) is 5.82 Å². The lowest BCUT2D eigenvalue weighted by atomic mass is 10.1. The number of fused-ring (bicyclic) bond motifs is 4. The minimum absolute atomic E-state index is 0.134. The highest BCUT2D eigenvalue weighted by molar-refractivity contribution is 7.98. The van der Waals surface area contributed by atoms with Gasteiger partial charge in [-0.25, -0.2) is 9.37 Å². The Kier molecular flexibility index (Phi) is 2.65. The summed E-state index contributed by atoms with van der Waals surface area (Å²) in [6.07, 6.45) is 2.62. The number of hydrogen-bond donors (Lipinski definition) is 0. The zero-order valence-corrected chi connectivity index (χ0v) is 12.1. The summed E-state index contributed by atoms with van der Waals surface area (Å²) < 4.78 is 15.0. The highest BCUT2D eigenvalue weighted by atomic mass is 32.2. The molecule has 104 valence electrons. The van der Waals surface area contributed by atoms with E-state index in [1.54, 1.807) is 16.3 Å². The maximum atomic E-state index is 13.3. The number of benzene rings is 2. The number of halogens is 1. The molecule has 0 saturated heterocycles. The summed E-state index contributed by atoms with van der Waals surface area (Å²) >= 11 is 1.67. The SMILES string of the molecule is CSc1ccc2c(c1)Cc1nc3cc(F)ccc3c(=O)n1-2. The first-order chi connectivity index (χ1) is 10.2. The molecule has 1 aliphatic heterocycles. The van der Waals surface area contributed by atoms with Gasteiger partial charge in [0.1, 0.15) is 11.6 Å². The van der Waals surface area contributed by atoms with Crippen molar-refractivity contribution in [2.24, 2.45) is 0 Å². The van der Waals surface area contributed by atoms with Crippen molar-refractivity contribution in [3.05, 3.63) is 64.0 Å². The molecule has 0 unspecified atom stereocenters. The standard InChI is InChI=1S/C16H11FN2OS/c1-21-11-3-5-14-9(6-11)7-15-18-13-8-10(17)2-4-12(13)16(20)19(14)15/h2-6,8H,7H2,1H3. The molecule has 0 aliphatic carbocycles. The van der Waals surface area contributed by atoms with Gasteiger partial charge >= 0.3 is 0 Å². The molecule has 21 heavy (non-hydrogen) atoms. The highest BCUT2D eigenvalue weighted by Crippen LogP contribution is 2.29. The van der Waals surface area contributed by atoms with Gasteiger partial charge in [-0.2, -0.15) is 0 Å². The predicted octanol–water partition coefficient (Wildman–Crippen LogP) is 3.15. The summed E-state index contributed by atoms with van der Waals surface area (Å²) in [5.41, 5.74) is 2.25. The minimum atomic E-state index is -0.375. The number of thioether (sulfide) groups is 1. The van der Waals surface area contributed by atoms with E-state index >= 15 is 0 Å². The zero-order valence-electron chi connectivity index (χ0n) is 11.3. The normalized spacial score (nSPS) is 12.5. The van der Waals surface area contributed by atoms with Crippen LogP contribution in [0.4, 0.5) is 4.39 Å². The van der Waals surface area contributed by atoms with Gasteiger partial charge in [-0.15, -0.1) is 11.8 Å². The lowest BCUT2D eigenvalue weighted by molar-refractivity contribution is 0.629. The molecule has 0 fully saturated rings. The molecule has 3 nitrogen and oxygen atoms in total. The van der Waals surface area contributed by atoms with Gasteiger partial charge in [-0.05, 0) is 42.2 Å². The second-order valence-electron chi connectivity index (χ2n) is 5.00. The van der Waals surface area contributed by atoms with E-state index in [0.717, 1.165) is 16.1 Å². The van der Waals surface area contributed by atoms with Crippen LogP contribution in [0.5, 0.6) is 0 Å². The lowest BCUT2D eigenvalue weighted by Crippen LogP contribution is -2.20. The Hall–Kier alpha value is -2.14. The summed E-state index contributed by atoms with van der Waals surface area (Å²) in [6.45, 7) is 0. The van der Waals surface area contributed by atoms with E-state index in [9.17, 15) is 9.18 Å². The molecule has 2 aromatic carbocycles. The van der Waals surface area contributed by atoms with Crippen molar-refractivity contribution in [2.45, 2.75) is 11.3 Å². The molecule has 0 N–H and O–H groups in total. The molecule has 1 aromatic heterocycles. The molecule has 4 rings (SSSR count). The monoisotopic (exact) mass is 298 g/mol. The second kappa shape index (κ2) is 4.43. The average Bonchev–Trinajstić information content (AvgIpc) is 2.84. The molecule has 0 spiro atoms. The van der Waals surface area contributed by atoms with E-state index in [-0.39, 0.29) is 11.4 Å². The molecule has 0 bridgehead atoms. The molecular weight excluding hydrogens is 287 g/mol. The molecule has 0 amide bonds. The Morgan fingerprint density at radius 3 is 2.90 bits per heavy atom. The van der Waals surface area contributed by atoms with Crippen molar-refractivity contribution < 1.29 is 4.39 Å². The zero-order chi connectivity index (χ0) is 14.6. The number of hydrogen-bond acceptors (Lipinski definition) is 3. The first-order valence-electron chi connectivity index (χ1n) is 6.56. The number of nitrogens with zero attached hydrogens (tertiary/aromatic N) is 2. The van der Waals surface area contributed by atoms with Gasteiger partial charge in [0.2, 0.25) is 0 Å². The van der Waals surface area contributed by atoms with Crippen LogP contribution in [-0.2, 0) is 6.42 Å². The minimum Gasteiger partial charge on any atom is -0.268 e. The summed E-state index contributed by atoms with van der Waals surface area (Å²) in [4.78, 5) is 18.3. The third-order valence-corrected chi connectivity index (χ3v) is 4.50. The van der Waals surface area contributed by atoms with Crippen molar-refractivity contribution in [3.8, 4) is 5.69 Å². The molecular formula is C16H11FN2OS. The third-order valence-electron chi connectivity index (χ3n) is 3.78. The number of rotatable bonds is 1. The largest absolute Gasteiger partial charge is 0.268 e. The molecule has 2 heterocycles. The van der Waals surface area contributed by atoms with E-state index < -0.39 is 0 Å². The van der Waals surface area contributed by atoms with Crippen LogP contribution < -0.4 is 5.56 Å². The van der Waals surface area contributed by atoms with Crippen molar-refractivity contribution in [2.75, 3.05) is 6.26 Å². The van der Waals surface area contributed by atoms with Gasteiger partial charge < -0.3 is 0 Å². The van der Waals surface area contributed by atoms with Gasteiger partial charge in [0.25, 0.3) is 5.56 Å². The summed E-state index contributed by atoms with van der Waals surface area (Å²) in [5, 5.41) is 0.446. The maximum Gasteiger partial charge on any atom is 0.265 e. The first-order valence-corrected chi connectivity index (χ1v) is 7.78. The Balaban J connectivity index is 2.04. The summed E-state index contributed by atoms with van der Waals surface area (Å²) in [6, 6.07) is 10.1. The van der Waals surface area contributed by atoms with Crippen molar-refractivity contribution >= 4 is 22.7 Å². The van der Waals surface area contributed by atoms with E-state index in [2.05, 4.69) is 11.1 Å².